The molecular weight excluding hydrogens is 448 g/mol. The zero-order chi connectivity index (χ0) is 24.3. The second kappa shape index (κ2) is 10.1. The first-order chi connectivity index (χ1) is 15.6. The van der Waals surface area contributed by atoms with Gasteiger partial charge in [0.25, 0.3) is 11.7 Å². The lowest BCUT2D eigenvalue weighted by Crippen LogP contribution is -2.35. The van der Waals surface area contributed by atoms with Crippen molar-refractivity contribution in [2.24, 2.45) is 0 Å². The number of carbonyl (C=O) groups excluding carboxylic acids is 3. The molecule has 1 N–H and O–H groups in total. The normalized spacial score (nSPS) is 17.5. The number of likely N-dealkylation sites (N-methyl/N-ethyl adjacent to an activating group) is 1. The highest BCUT2D eigenvalue weighted by Gasteiger charge is 2.46. The molecule has 0 radical (unpaired) electrons. The number of rotatable bonds is 7. The lowest BCUT2D eigenvalue weighted by Gasteiger charge is -2.27. The fourth-order valence-corrected chi connectivity index (χ4v) is 3.84. The molecule has 0 saturated carbocycles. The van der Waals surface area contributed by atoms with Crippen LogP contribution in [0.1, 0.15) is 24.1 Å². The van der Waals surface area contributed by atoms with Crippen LogP contribution in [0.5, 0.6) is 11.5 Å². The smallest absolute Gasteiger partial charge is 0.308 e. The molecule has 0 aliphatic carbocycles. The molecule has 2 aromatic rings. The van der Waals surface area contributed by atoms with Crippen molar-refractivity contribution >= 4 is 35.0 Å². The Morgan fingerprint density at radius 2 is 1.88 bits per heavy atom. The number of likely N-dealkylation sites (tertiary alicyclic amines) is 1. The van der Waals surface area contributed by atoms with E-state index in [2.05, 4.69) is 0 Å². The summed E-state index contributed by atoms with van der Waals surface area (Å²) >= 11 is 6.30. The summed E-state index contributed by atoms with van der Waals surface area (Å²) in [6.45, 7) is 2.01. The number of ketones is 1. The van der Waals surface area contributed by atoms with E-state index in [9.17, 15) is 19.5 Å². The monoisotopic (exact) mass is 472 g/mol. The molecular formula is C24H25ClN2O6. The van der Waals surface area contributed by atoms with E-state index in [1.54, 1.807) is 30.3 Å². The Hall–Kier alpha value is -3.36. The Labute approximate surface area is 197 Å². The molecule has 9 heteroatoms. The summed E-state index contributed by atoms with van der Waals surface area (Å²) in [4.78, 5) is 40.8. The van der Waals surface area contributed by atoms with Gasteiger partial charge in [-0.3, -0.25) is 14.4 Å². The third kappa shape index (κ3) is 5.18. The summed E-state index contributed by atoms with van der Waals surface area (Å²) in [6.07, 6.45) is 0. The molecule has 174 valence electrons. The summed E-state index contributed by atoms with van der Waals surface area (Å²) in [5.41, 5.74) is 0.573. The number of halogens is 1. The predicted molar refractivity (Wildman–Crippen MR) is 123 cm³/mol. The maximum Gasteiger partial charge on any atom is 0.308 e. The first-order valence-electron chi connectivity index (χ1n) is 10.2. The second-order valence-corrected chi connectivity index (χ2v) is 8.21. The van der Waals surface area contributed by atoms with Crippen LogP contribution in [0.3, 0.4) is 0 Å². The number of hydrogen-bond donors (Lipinski definition) is 1. The lowest BCUT2D eigenvalue weighted by atomic mass is 9.95. The Balaban J connectivity index is 2.20. The standard InChI is InChI=1S/C24H25ClN2O6/c1-14(28)33-17-7-5-6-15(12-17)21-20(23(30)24(31)27(21)11-10-26(2)3)22(29)18-13-16(32-4)8-9-19(18)25/h5-9,12-13,21,29H,10-11H2,1-4H3/b22-20+. The number of nitrogens with zero attached hydrogens (tertiary/aromatic N) is 2. The van der Waals surface area contributed by atoms with Gasteiger partial charge in [-0.15, -0.1) is 0 Å². The molecule has 1 aliphatic heterocycles. The van der Waals surface area contributed by atoms with Gasteiger partial charge in [0.2, 0.25) is 0 Å². The Morgan fingerprint density at radius 3 is 2.52 bits per heavy atom. The van der Waals surface area contributed by atoms with Crippen LogP contribution in [0, 0.1) is 0 Å². The lowest BCUT2D eigenvalue weighted by molar-refractivity contribution is -0.140. The second-order valence-electron chi connectivity index (χ2n) is 7.81. The Bertz CT molecular complexity index is 1130. The maximum absolute atomic E-state index is 13.1. The molecule has 1 aliphatic rings. The molecule has 1 amide bonds. The molecule has 2 aromatic carbocycles. The van der Waals surface area contributed by atoms with Crippen LogP contribution in [0.15, 0.2) is 48.0 Å². The van der Waals surface area contributed by atoms with Crippen LogP contribution in [-0.4, -0.2) is 66.9 Å². The number of hydrogen-bond acceptors (Lipinski definition) is 7. The zero-order valence-electron chi connectivity index (χ0n) is 18.8. The molecule has 1 atom stereocenters. The minimum Gasteiger partial charge on any atom is -0.507 e. The van der Waals surface area contributed by atoms with Crippen molar-refractivity contribution in [2.45, 2.75) is 13.0 Å². The van der Waals surface area contributed by atoms with Crippen molar-refractivity contribution in [3.8, 4) is 11.5 Å². The number of benzene rings is 2. The number of Topliss-reactive ketones (excluding diaryl/α,β-unsaturated/α-hetero) is 1. The molecule has 0 spiro atoms. The van der Waals surface area contributed by atoms with Gasteiger partial charge in [0.05, 0.1) is 23.7 Å². The maximum atomic E-state index is 13.1. The van der Waals surface area contributed by atoms with Crippen molar-refractivity contribution in [1.82, 2.24) is 9.80 Å². The quantitative estimate of drug-likeness (QED) is 0.217. The van der Waals surface area contributed by atoms with E-state index in [1.807, 2.05) is 19.0 Å². The number of methoxy groups -OCH3 is 1. The van der Waals surface area contributed by atoms with Gasteiger partial charge in [-0.25, -0.2) is 0 Å². The average Bonchev–Trinajstić information content (AvgIpc) is 3.02. The van der Waals surface area contributed by atoms with Crippen molar-refractivity contribution in [3.63, 3.8) is 0 Å². The summed E-state index contributed by atoms with van der Waals surface area (Å²) in [6, 6.07) is 10.3. The summed E-state index contributed by atoms with van der Waals surface area (Å²) in [5, 5.41) is 11.4. The number of aliphatic hydroxyl groups is 1. The number of amides is 1. The third-order valence-corrected chi connectivity index (χ3v) is 5.52. The van der Waals surface area contributed by atoms with Gasteiger partial charge in [-0.05, 0) is 50.0 Å². The molecule has 8 nitrogen and oxygen atoms in total. The third-order valence-electron chi connectivity index (χ3n) is 5.19. The van der Waals surface area contributed by atoms with E-state index < -0.39 is 29.5 Å². The predicted octanol–water partition coefficient (Wildman–Crippen LogP) is 3.26. The van der Waals surface area contributed by atoms with Crippen molar-refractivity contribution < 1.29 is 29.0 Å². The number of aliphatic hydroxyl groups excluding tert-OH is 1. The minimum absolute atomic E-state index is 0.103. The van der Waals surface area contributed by atoms with E-state index in [4.69, 9.17) is 21.1 Å². The van der Waals surface area contributed by atoms with Crippen LogP contribution in [-0.2, 0) is 14.4 Å². The van der Waals surface area contributed by atoms with Gasteiger partial charge in [0.15, 0.2) is 0 Å². The Kier molecular flexibility index (Phi) is 7.40. The van der Waals surface area contributed by atoms with Crippen molar-refractivity contribution in [1.29, 1.82) is 0 Å². The van der Waals surface area contributed by atoms with Crippen LogP contribution in [0.25, 0.3) is 5.76 Å². The van der Waals surface area contributed by atoms with Gasteiger partial charge in [0.1, 0.15) is 17.3 Å². The first-order valence-corrected chi connectivity index (χ1v) is 10.6. The highest BCUT2D eigenvalue weighted by atomic mass is 35.5. The van der Waals surface area contributed by atoms with Crippen molar-refractivity contribution in [3.05, 3.63) is 64.2 Å². The van der Waals surface area contributed by atoms with Gasteiger partial charge >= 0.3 is 5.97 Å². The fourth-order valence-electron chi connectivity index (χ4n) is 3.64. The van der Waals surface area contributed by atoms with E-state index in [0.717, 1.165) is 0 Å². The number of ether oxygens (including phenoxy) is 2. The van der Waals surface area contributed by atoms with E-state index in [-0.39, 0.29) is 28.5 Å². The van der Waals surface area contributed by atoms with Gasteiger partial charge in [0, 0.05) is 25.6 Å². The first kappa shape index (κ1) is 24.3. The largest absolute Gasteiger partial charge is 0.507 e. The van der Waals surface area contributed by atoms with Crippen LogP contribution in [0.4, 0.5) is 0 Å². The zero-order valence-corrected chi connectivity index (χ0v) is 19.5. The molecule has 0 bridgehead atoms. The van der Waals surface area contributed by atoms with Crippen LogP contribution in [0.2, 0.25) is 5.02 Å². The molecule has 3 rings (SSSR count). The van der Waals surface area contributed by atoms with Gasteiger partial charge < -0.3 is 24.4 Å². The SMILES string of the molecule is COc1ccc(Cl)c(/C(O)=C2\C(=O)C(=O)N(CCN(C)C)C2c2cccc(OC(C)=O)c2)c1. The molecule has 33 heavy (non-hydrogen) atoms. The van der Waals surface area contributed by atoms with E-state index in [1.165, 1.54) is 31.1 Å². The number of carbonyl (C=O) groups is 3. The fraction of sp³-hybridized carbons (Fsp3) is 0.292. The molecule has 1 fully saturated rings. The van der Waals surface area contributed by atoms with Gasteiger partial charge in [-0.2, -0.15) is 0 Å². The Morgan fingerprint density at radius 1 is 1.15 bits per heavy atom. The summed E-state index contributed by atoms with van der Waals surface area (Å²) < 4.78 is 10.4. The molecule has 0 aromatic heterocycles. The van der Waals surface area contributed by atoms with Crippen molar-refractivity contribution in [2.75, 3.05) is 34.3 Å². The number of esters is 1. The summed E-state index contributed by atoms with van der Waals surface area (Å²) in [7, 11) is 5.17. The van der Waals surface area contributed by atoms with Gasteiger partial charge in [-0.1, -0.05) is 23.7 Å². The highest BCUT2D eigenvalue weighted by molar-refractivity contribution is 6.47. The van der Waals surface area contributed by atoms with Crippen LogP contribution < -0.4 is 9.47 Å². The van der Waals surface area contributed by atoms with E-state index in [0.29, 0.717) is 17.9 Å². The molecule has 1 unspecified atom stereocenters. The van der Waals surface area contributed by atoms with Crippen LogP contribution >= 0.6 is 11.6 Å². The summed E-state index contributed by atoms with van der Waals surface area (Å²) in [5.74, 6) is -1.79. The minimum atomic E-state index is -0.900. The topological polar surface area (TPSA) is 96.4 Å². The molecule has 1 saturated heterocycles. The average molecular weight is 473 g/mol. The molecule has 1 heterocycles. The highest BCUT2D eigenvalue weighted by Crippen LogP contribution is 2.41. The van der Waals surface area contributed by atoms with E-state index >= 15 is 0 Å².